The Morgan fingerprint density at radius 1 is 1.27 bits per heavy atom. The maximum Gasteiger partial charge on any atom is 0.263 e. The lowest BCUT2D eigenvalue weighted by Crippen LogP contribution is -2.34. The van der Waals surface area contributed by atoms with E-state index < -0.39 is 11.4 Å². The third kappa shape index (κ3) is 3.22. The fraction of sp³-hybridized carbons (Fsp3) is 0.143. The van der Waals surface area contributed by atoms with Gasteiger partial charge in [0.2, 0.25) is 0 Å². The van der Waals surface area contributed by atoms with Crippen LogP contribution in [0.5, 0.6) is 0 Å². The number of aromatic nitrogens is 2. The number of amides is 1. The molecular weight excluding hydrogens is 407 g/mol. The van der Waals surface area contributed by atoms with Gasteiger partial charge in [0.15, 0.2) is 0 Å². The first-order valence-corrected chi connectivity index (χ1v) is 10.1. The van der Waals surface area contributed by atoms with Gasteiger partial charge in [-0.1, -0.05) is 6.07 Å². The van der Waals surface area contributed by atoms with Crippen molar-refractivity contribution < 1.29 is 13.6 Å². The van der Waals surface area contributed by atoms with Crippen molar-refractivity contribution in [3.8, 4) is 0 Å². The zero-order chi connectivity index (χ0) is 20.7. The van der Waals surface area contributed by atoms with Gasteiger partial charge < -0.3 is 4.42 Å². The van der Waals surface area contributed by atoms with Crippen LogP contribution in [0.4, 0.5) is 4.39 Å². The highest BCUT2D eigenvalue weighted by atomic mass is 32.1. The number of hydrazone groups is 1. The molecule has 1 amide bonds. The molecule has 7 nitrogen and oxygen atoms in total. The van der Waals surface area contributed by atoms with Gasteiger partial charge in [-0.3, -0.25) is 14.2 Å². The molecule has 4 heterocycles. The Bertz CT molecular complexity index is 1310. The van der Waals surface area contributed by atoms with Crippen molar-refractivity contribution in [2.75, 3.05) is 0 Å². The fourth-order valence-electron chi connectivity index (χ4n) is 3.50. The topological polar surface area (TPSA) is 80.7 Å². The molecule has 0 aliphatic carbocycles. The molecule has 150 valence electrons. The zero-order valence-corrected chi connectivity index (χ0v) is 16.4. The van der Waals surface area contributed by atoms with E-state index in [4.69, 9.17) is 4.42 Å². The van der Waals surface area contributed by atoms with Crippen LogP contribution in [0.2, 0.25) is 0 Å². The highest BCUT2D eigenvalue weighted by Gasteiger charge is 2.35. The number of furan rings is 1. The van der Waals surface area contributed by atoms with Crippen molar-refractivity contribution in [1.82, 2.24) is 14.6 Å². The second-order valence-electron chi connectivity index (χ2n) is 6.84. The van der Waals surface area contributed by atoms with Crippen molar-refractivity contribution in [1.29, 1.82) is 0 Å². The summed E-state index contributed by atoms with van der Waals surface area (Å²) in [6.07, 6.45) is 3.33. The molecule has 0 saturated heterocycles. The number of rotatable bonds is 4. The van der Waals surface area contributed by atoms with Crippen molar-refractivity contribution >= 4 is 33.9 Å². The Kier molecular flexibility index (Phi) is 4.51. The lowest BCUT2D eigenvalue weighted by molar-refractivity contribution is -0.134. The molecule has 0 bridgehead atoms. The van der Waals surface area contributed by atoms with E-state index in [1.165, 1.54) is 34.1 Å². The third-order valence-corrected chi connectivity index (χ3v) is 5.85. The lowest BCUT2D eigenvalue weighted by Gasteiger charge is -2.20. The normalized spacial score (nSPS) is 16.2. The van der Waals surface area contributed by atoms with Crippen LogP contribution in [0.15, 0.2) is 74.7 Å². The average Bonchev–Trinajstić information content (AvgIpc) is 3.50. The molecule has 0 saturated carbocycles. The monoisotopic (exact) mass is 422 g/mol. The summed E-state index contributed by atoms with van der Waals surface area (Å²) in [7, 11) is 0. The summed E-state index contributed by atoms with van der Waals surface area (Å²) >= 11 is 1.55. The van der Waals surface area contributed by atoms with E-state index in [-0.39, 0.29) is 29.4 Å². The first kappa shape index (κ1) is 18.4. The first-order chi connectivity index (χ1) is 14.6. The number of halogens is 1. The molecule has 9 heteroatoms. The van der Waals surface area contributed by atoms with Gasteiger partial charge in [0.25, 0.3) is 11.5 Å². The Labute approximate surface area is 173 Å². The molecule has 0 radical (unpaired) electrons. The average molecular weight is 422 g/mol. The number of carbonyl (C=O) groups is 1. The number of carbonyl (C=O) groups excluding carboxylic acids is 1. The van der Waals surface area contributed by atoms with Crippen LogP contribution in [-0.2, 0) is 11.3 Å². The molecule has 0 N–H and O–H groups in total. The number of hydrogen-bond donors (Lipinski definition) is 0. The predicted molar refractivity (Wildman–Crippen MR) is 110 cm³/mol. The summed E-state index contributed by atoms with van der Waals surface area (Å²) in [5, 5.41) is 8.10. The minimum atomic E-state index is -0.475. The molecule has 3 aromatic heterocycles. The van der Waals surface area contributed by atoms with Crippen LogP contribution in [-0.4, -0.2) is 26.2 Å². The van der Waals surface area contributed by atoms with Crippen LogP contribution in [0.3, 0.4) is 0 Å². The van der Waals surface area contributed by atoms with Crippen molar-refractivity contribution in [3.05, 3.63) is 87.2 Å². The minimum absolute atomic E-state index is 0.239. The number of nitrogens with zero attached hydrogens (tertiary/aromatic N) is 4. The molecule has 1 aromatic carbocycles. The standard InChI is InChI=1S/C21H15FN4O3S/c22-13-5-6-14-15(9-13)23-12-25(21(14)28)11-20(27)26-17(18-3-1-7-29-18)10-16(24-26)19-4-2-8-30-19/h1-9,12,17H,10-11H2. The molecule has 4 aromatic rings. The van der Waals surface area contributed by atoms with Crippen molar-refractivity contribution in [3.63, 3.8) is 0 Å². The minimum Gasteiger partial charge on any atom is -0.467 e. The molecule has 1 unspecified atom stereocenters. The number of benzene rings is 1. The second kappa shape index (κ2) is 7.34. The molecule has 1 atom stereocenters. The van der Waals surface area contributed by atoms with Gasteiger partial charge >= 0.3 is 0 Å². The summed E-state index contributed by atoms with van der Waals surface area (Å²) in [6, 6.07) is 10.8. The number of hydrogen-bond acceptors (Lipinski definition) is 6. The van der Waals surface area contributed by atoms with E-state index in [0.29, 0.717) is 12.2 Å². The number of fused-ring (bicyclic) bond motifs is 1. The van der Waals surface area contributed by atoms with E-state index >= 15 is 0 Å². The van der Waals surface area contributed by atoms with E-state index in [2.05, 4.69) is 10.1 Å². The summed E-state index contributed by atoms with van der Waals surface area (Å²) in [6.45, 7) is -0.239. The molecular formula is C21H15FN4O3S. The molecule has 1 aliphatic heterocycles. The Hall–Kier alpha value is -3.59. The van der Waals surface area contributed by atoms with Crippen LogP contribution in [0.1, 0.15) is 23.1 Å². The second-order valence-corrected chi connectivity index (χ2v) is 7.78. The smallest absolute Gasteiger partial charge is 0.263 e. The first-order valence-electron chi connectivity index (χ1n) is 9.21. The van der Waals surface area contributed by atoms with Crippen LogP contribution in [0, 0.1) is 5.82 Å². The van der Waals surface area contributed by atoms with Gasteiger partial charge in [-0.2, -0.15) is 5.10 Å². The van der Waals surface area contributed by atoms with Gasteiger partial charge in [0.05, 0.1) is 34.1 Å². The molecule has 5 rings (SSSR count). The molecule has 1 aliphatic rings. The van der Waals surface area contributed by atoms with Gasteiger partial charge in [-0.25, -0.2) is 14.4 Å². The zero-order valence-electron chi connectivity index (χ0n) is 15.6. The van der Waals surface area contributed by atoms with Gasteiger partial charge in [0.1, 0.15) is 24.2 Å². The largest absolute Gasteiger partial charge is 0.467 e. The third-order valence-electron chi connectivity index (χ3n) is 4.94. The number of thiophene rings is 1. The lowest BCUT2D eigenvalue weighted by atomic mass is 10.1. The van der Waals surface area contributed by atoms with E-state index in [1.54, 1.807) is 29.7 Å². The van der Waals surface area contributed by atoms with E-state index in [1.807, 2.05) is 17.5 Å². The quantitative estimate of drug-likeness (QED) is 0.504. The summed E-state index contributed by atoms with van der Waals surface area (Å²) in [4.78, 5) is 30.9. The Balaban J connectivity index is 1.48. The van der Waals surface area contributed by atoms with Crippen molar-refractivity contribution in [2.45, 2.75) is 19.0 Å². The maximum atomic E-state index is 13.4. The van der Waals surface area contributed by atoms with E-state index in [9.17, 15) is 14.0 Å². The summed E-state index contributed by atoms with van der Waals surface area (Å²) < 4.78 is 20.1. The molecule has 0 spiro atoms. The van der Waals surface area contributed by atoms with Crippen LogP contribution in [0.25, 0.3) is 10.9 Å². The van der Waals surface area contributed by atoms with Crippen molar-refractivity contribution in [2.24, 2.45) is 5.10 Å². The summed E-state index contributed by atoms with van der Waals surface area (Å²) in [5.41, 5.74) is 0.625. The SMILES string of the molecule is O=C(Cn1cnc2cc(F)ccc2c1=O)N1N=C(c2cccs2)CC1c1ccco1. The Morgan fingerprint density at radius 2 is 2.17 bits per heavy atom. The highest BCUT2D eigenvalue weighted by Crippen LogP contribution is 2.34. The predicted octanol–water partition coefficient (Wildman–Crippen LogP) is 3.57. The maximum absolute atomic E-state index is 13.4. The summed E-state index contributed by atoms with van der Waals surface area (Å²) in [5.74, 6) is -0.219. The van der Waals surface area contributed by atoms with Crippen LogP contribution < -0.4 is 5.56 Å². The van der Waals surface area contributed by atoms with Gasteiger partial charge in [-0.15, -0.1) is 11.3 Å². The van der Waals surface area contributed by atoms with Gasteiger partial charge in [0, 0.05) is 12.5 Å². The van der Waals surface area contributed by atoms with Crippen LogP contribution >= 0.6 is 11.3 Å². The highest BCUT2D eigenvalue weighted by molar-refractivity contribution is 7.12. The van der Waals surface area contributed by atoms with Gasteiger partial charge in [-0.05, 0) is 35.7 Å². The Morgan fingerprint density at radius 3 is 2.93 bits per heavy atom. The van der Waals surface area contributed by atoms with E-state index in [0.717, 1.165) is 10.6 Å². The molecule has 0 fully saturated rings. The molecule has 30 heavy (non-hydrogen) atoms. The fourth-order valence-corrected chi connectivity index (χ4v) is 4.22.